The standard InChI is InChI=1S/C43H85NO6/c1-5-7-9-11-16-23-31-41(32-24-17-12-10-8-6-2)50-42(46)33-25-18-13-19-26-34-44(36-37-45)35-27-21-29-39-49-43(47)48-38-28-20-14-15-22-30-40(3)4/h40-41,45H,5-39H2,1-4H3. The molecular formula is C43H85NO6. The SMILES string of the molecule is CCCCCCCCC(CCCCCCCC)OC(=O)CCCCCCCN(CCO)CCCCCOC(=O)OCCCCCCCC(C)C. The number of esters is 1. The van der Waals surface area contributed by atoms with E-state index >= 15 is 0 Å². The van der Waals surface area contributed by atoms with Crippen LogP contribution in [0, 0.1) is 5.92 Å². The number of nitrogens with zero attached hydrogens (tertiary/aromatic N) is 1. The number of aliphatic hydroxyl groups excluding tert-OH is 1. The van der Waals surface area contributed by atoms with Gasteiger partial charge in [-0.3, -0.25) is 4.79 Å². The van der Waals surface area contributed by atoms with Gasteiger partial charge < -0.3 is 24.2 Å². The van der Waals surface area contributed by atoms with Crippen molar-refractivity contribution in [3.05, 3.63) is 0 Å². The van der Waals surface area contributed by atoms with Crippen molar-refractivity contribution in [1.82, 2.24) is 4.90 Å². The van der Waals surface area contributed by atoms with E-state index in [0.717, 1.165) is 96.1 Å². The molecule has 0 bridgehead atoms. The van der Waals surface area contributed by atoms with Crippen LogP contribution in [0.1, 0.15) is 214 Å². The van der Waals surface area contributed by atoms with Crippen molar-refractivity contribution >= 4 is 12.1 Å². The van der Waals surface area contributed by atoms with Crippen LogP contribution >= 0.6 is 0 Å². The van der Waals surface area contributed by atoms with Crippen LogP contribution in [0.4, 0.5) is 4.79 Å². The highest BCUT2D eigenvalue weighted by Gasteiger charge is 2.14. The zero-order valence-corrected chi connectivity index (χ0v) is 33.8. The molecular weight excluding hydrogens is 626 g/mol. The smallest absolute Gasteiger partial charge is 0.462 e. The van der Waals surface area contributed by atoms with Crippen molar-refractivity contribution < 1.29 is 28.9 Å². The third kappa shape index (κ3) is 36.5. The Hall–Kier alpha value is -1.34. The van der Waals surface area contributed by atoms with Crippen LogP contribution < -0.4 is 0 Å². The summed E-state index contributed by atoms with van der Waals surface area (Å²) < 4.78 is 16.4. The van der Waals surface area contributed by atoms with Gasteiger partial charge in [0.1, 0.15) is 6.10 Å². The average molecular weight is 712 g/mol. The molecule has 0 fully saturated rings. The van der Waals surface area contributed by atoms with Gasteiger partial charge in [-0.1, -0.05) is 143 Å². The largest absolute Gasteiger partial charge is 0.508 e. The minimum absolute atomic E-state index is 0.00151. The Morgan fingerprint density at radius 3 is 1.44 bits per heavy atom. The van der Waals surface area contributed by atoms with Crippen molar-refractivity contribution in [3.63, 3.8) is 0 Å². The summed E-state index contributed by atoms with van der Waals surface area (Å²) in [6, 6.07) is 0. The monoisotopic (exact) mass is 712 g/mol. The lowest BCUT2D eigenvalue weighted by molar-refractivity contribution is -0.150. The Morgan fingerprint density at radius 1 is 0.520 bits per heavy atom. The first-order chi connectivity index (χ1) is 24.4. The quantitative estimate of drug-likeness (QED) is 0.0502. The number of hydrogen-bond acceptors (Lipinski definition) is 7. The van der Waals surface area contributed by atoms with E-state index in [0.29, 0.717) is 26.2 Å². The Labute approximate surface area is 310 Å². The first-order valence-electron chi connectivity index (χ1n) is 21.7. The predicted molar refractivity (Wildman–Crippen MR) is 211 cm³/mol. The summed E-state index contributed by atoms with van der Waals surface area (Å²) in [5, 5.41) is 9.51. The summed E-state index contributed by atoms with van der Waals surface area (Å²) in [6.45, 7) is 12.7. The Kier molecular flexibility index (Phi) is 37.8. The predicted octanol–water partition coefficient (Wildman–Crippen LogP) is 12.4. The van der Waals surface area contributed by atoms with Crippen LogP contribution in [0.25, 0.3) is 0 Å². The van der Waals surface area contributed by atoms with Gasteiger partial charge in [0.15, 0.2) is 0 Å². The van der Waals surface area contributed by atoms with E-state index in [4.69, 9.17) is 14.2 Å². The Bertz CT molecular complexity index is 702. The molecule has 0 rings (SSSR count). The molecule has 0 heterocycles. The molecule has 0 aliphatic carbocycles. The van der Waals surface area contributed by atoms with Crippen molar-refractivity contribution in [3.8, 4) is 0 Å². The van der Waals surface area contributed by atoms with Gasteiger partial charge in [0, 0.05) is 13.0 Å². The number of rotatable bonds is 39. The van der Waals surface area contributed by atoms with Gasteiger partial charge in [0.05, 0.1) is 19.8 Å². The molecule has 0 aliphatic heterocycles. The Balaban J connectivity index is 3.96. The first kappa shape index (κ1) is 48.7. The van der Waals surface area contributed by atoms with E-state index in [-0.39, 0.29) is 18.7 Å². The van der Waals surface area contributed by atoms with Crippen molar-refractivity contribution in [2.24, 2.45) is 5.92 Å². The van der Waals surface area contributed by atoms with Gasteiger partial charge in [0.25, 0.3) is 0 Å². The number of aliphatic hydroxyl groups is 1. The van der Waals surface area contributed by atoms with E-state index in [1.165, 1.54) is 103 Å². The van der Waals surface area contributed by atoms with Crippen molar-refractivity contribution in [2.45, 2.75) is 220 Å². The highest BCUT2D eigenvalue weighted by Crippen LogP contribution is 2.18. The second-order valence-corrected chi connectivity index (χ2v) is 15.3. The second kappa shape index (κ2) is 38.9. The normalized spacial score (nSPS) is 11.6. The van der Waals surface area contributed by atoms with Gasteiger partial charge in [-0.2, -0.15) is 0 Å². The zero-order valence-electron chi connectivity index (χ0n) is 33.8. The number of carbonyl (C=O) groups is 2. The molecule has 0 saturated carbocycles. The fraction of sp³-hybridized carbons (Fsp3) is 0.953. The lowest BCUT2D eigenvalue weighted by Crippen LogP contribution is -2.29. The molecule has 7 nitrogen and oxygen atoms in total. The molecule has 0 saturated heterocycles. The summed E-state index contributed by atoms with van der Waals surface area (Å²) in [6.07, 6.45) is 32.7. The van der Waals surface area contributed by atoms with Crippen LogP contribution in [0.5, 0.6) is 0 Å². The molecule has 0 radical (unpaired) electrons. The van der Waals surface area contributed by atoms with Crippen molar-refractivity contribution in [1.29, 1.82) is 0 Å². The molecule has 1 N–H and O–H groups in total. The minimum Gasteiger partial charge on any atom is -0.462 e. The van der Waals surface area contributed by atoms with Gasteiger partial charge in [-0.25, -0.2) is 4.79 Å². The highest BCUT2D eigenvalue weighted by molar-refractivity contribution is 5.69. The summed E-state index contributed by atoms with van der Waals surface area (Å²) >= 11 is 0. The highest BCUT2D eigenvalue weighted by atomic mass is 16.7. The lowest BCUT2D eigenvalue weighted by atomic mass is 10.0. The first-order valence-corrected chi connectivity index (χ1v) is 21.7. The summed E-state index contributed by atoms with van der Waals surface area (Å²) in [5.74, 6) is 0.781. The number of hydrogen-bond donors (Lipinski definition) is 1. The summed E-state index contributed by atoms with van der Waals surface area (Å²) in [5.41, 5.74) is 0. The van der Waals surface area contributed by atoms with Crippen LogP contribution in [0.15, 0.2) is 0 Å². The number of carbonyl (C=O) groups excluding carboxylic acids is 2. The van der Waals surface area contributed by atoms with Crippen LogP contribution in [0.2, 0.25) is 0 Å². The maximum absolute atomic E-state index is 12.7. The Morgan fingerprint density at radius 2 is 0.940 bits per heavy atom. The molecule has 50 heavy (non-hydrogen) atoms. The van der Waals surface area contributed by atoms with Gasteiger partial charge in [-0.05, 0) is 83.2 Å². The van der Waals surface area contributed by atoms with E-state index in [1.54, 1.807) is 0 Å². The third-order valence-electron chi connectivity index (χ3n) is 9.81. The molecule has 0 aromatic rings. The average Bonchev–Trinajstić information content (AvgIpc) is 3.09. The molecule has 7 heteroatoms. The molecule has 0 spiro atoms. The molecule has 0 atom stereocenters. The molecule has 0 aromatic heterocycles. The zero-order chi connectivity index (χ0) is 36.8. The second-order valence-electron chi connectivity index (χ2n) is 15.3. The molecule has 0 unspecified atom stereocenters. The lowest BCUT2D eigenvalue weighted by Gasteiger charge is -2.21. The fourth-order valence-corrected chi connectivity index (χ4v) is 6.58. The van der Waals surface area contributed by atoms with Gasteiger partial charge in [0.2, 0.25) is 0 Å². The number of ether oxygens (including phenoxy) is 3. The van der Waals surface area contributed by atoms with Gasteiger partial charge in [-0.15, -0.1) is 0 Å². The van der Waals surface area contributed by atoms with Crippen LogP contribution in [-0.2, 0) is 19.0 Å². The molecule has 0 aromatic carbocycles. The van der Waals surface area contributed by atoms with E-state index < -0.39 is 6.16 Å². The van der Waals surface area contributed by atoms with Crippen LogP contribution in [0.3, 0.4) is 0 Å². The minimum atomic E-state index is -0.542. The molecule has 0 aliphatic rings. The van der Waals surface area contributed by atoms with Crippen LogP contribution in [-0.4, -0.2) is 67.7 Å². The molecule has 0 amide bonds. The maximum atomic E-state index is 12.7. The van der Waals surface area contributed by atoms with E-state index in [1.807, 2.05) is 0 Å². The van der Waals surface area contributed by atoms with Crippen molar-refractivity contribution in [2.75, 3.05) is 39.5 Å². The maximum Gasteiger partial charge on any atom is 0.508 e. The van der Waals surface area contributed by atoms with Gasteiger partial charge >= 0.3 is 12.1 Å². The van der Waals surface area contributed by atoms with E-state index in [2.05, 4.69) is 32.6 Å². The molecule has 298 valence electrons. The van der Waals surface area contributed by atoms with E-state index in [9.17, 15) is 14.7 Å². The summed E-state index contributed by atoms with van der Waals surface area (Å²) in [4.78, 5) is 26.8. The fourth-order valence-electron chi connectivity index (χ4n) is 6.58. The summed E-state index contributed by atoms with van der Waals surface area (Å²) in [7, 11) is 0. The third-order valence-corrected chi connectivity index (χ3v) is 9.81. The topological polar surface area (TPSA) is 85.3 Å². The number of unbranched alkanes of at least 4 members (excludes halogenated alkanes) is 20.